The maximum atomic E-state index is 12.8. The van der Waals surface area contributed by atoms with E-state index in [0.29, 0.717) is 24.5 Å². The fourth-order valence-corrected chi connectivity index (χ4v) is 7.10. The molecule has 6 nitrogen and oxygen atoms in total. The number of nitrogens with zero attached hydrogens (tertiary/aromatic N) is 1. The quantitative estimate of drug-likeness (QED) is 0.525. The molecule has 2 saturated heterocycles. The summed E-state index contributed by atoms with van der Waals surface area (Å²) >= 11 is 0. The van der Waals surface area contributed by atoms with Crippen LogP contribution >= 0.6 is 12.4 Å². The lowest BCUT2D eigenvalue weighted by Crippen LogP contribution is -2.52. The van der Waals surface area contributed by atoms with Gasteiger partial charge in [-0.15, -0.1) is 12.4 Å². The summed E-state index contributed by atoms with van der Waals surface area (Å²) in [5.41, 5.74) is 0.877. The van der Waals surface area contributed by atoms with Crippen molar-refractivity contribution in [2.75, 3.05) is 13.1 Å². The Morgan fingerprint density at radius 2 is 1.90 bits per heavy atom. The van der Waals surface area contributed by atoms with Crippen molar-refractivity contribution in [3.05, 3.63) is 0 Å². The van der Waals surface area contributed by atoms with Crippen LogP contribution < -0.4 is 5.32 Å². The van der Waals surface area contributed by atoms with Crippen molar-refractivity contribution >= 4 is 29.9 Å². The highest BCUT2D eigenvalue weighted by Gasteiger charge is 2.61. The van der Waals surface area contributed by atoms with Crippen LogP contribution in [0.3, 0.4) is 0 Å². The Kier molecular flexibility index (Phi) is 5.95. The molecular weight excluding hydrogens is 404 g/mol. The Balaban J connectivity index is 0.00000218. The molecule has 2 heterocycles. The first-order chi connectivity index (χ1) is 13.9. The topological polar surface area (TPSA) is 77.0 Å². The number of halogens is 1. The number of esters is 1. The third-order valence-electron chi connectivity index (χ3n) is 9.15. The first kappa shape index (κ1) is 22.1. The number of carbonyl (C=O) groups excluding carboxylic acids is 2. The standard InChI is InChI=1S/C23H34N2O4.ClH/c1-22-8-5-15(25-29-16-7-10-24-13-16)11-14(22)12-20(27)28-21-17-3-4-19(26)23(17,2)9-6-18(21)22;/h14,16-18,21,24H,3-13H2,1-2H3;1H/b25-15-;/t14?,16-,17+,18+,21+,22+,23+;/m1./s1. The van der Waals surface area contributed by atoms with E-state index in [9.17, 15) is 9.59 Å². The molecule has 7 atom stereocenters. The van der Waals surface area contributed by atoms with E-state index in [1.807, 2.05) is 0 Å². The van der Waals surface area contributed by atoms with Crippen LogP contribution in [0.2, 0.25) is 0 Å². The molecule has 0 radical (unpaired) electrons. The number of ether oxygens (including phenoxy) is 1. The Hall–Kier alpha value is -1.14. The predicted octanol–water partition coefficient (Wildman–Crippen LogP) is 3.66. The van der Waals surface area contributed by atoms with E-state index in [2.05, 4.69) is 24.3 Å². The minimum atomic E-state index is -0.290. The summed E-state index contributed by atoms with van der Waals surface area (Å²) in [4.78, 5) is 31.2. The number of nitrogens with one attached hydrogen (secondary N) is 1. The van der Waals surface area contributed by atoms with E-state index in [4.69, 9.17) is 9.57 Å². The Labute approximate surface area is 185 Å². The van der Waals surface area contributed by atoms with E-state index < -0.39 is 0 Å². The van der Waals surface area contributed by atoms with Crippen molar-refractivity contribution in [3.8, 4) is 0 Å². The van der Waals surface area contributed by atoms with Crippen molar-refractivity contribution in [1.82, 2.24) is 5.32 Å². The van der Waals surface area contributed by atoms with Gasteiger partial charge in [0.1, 0.15) is 18.0 Å². The lowest BCUT2D eigenvalue weighted by molar-refractivity contribution is -0.165. The number of Topliss-reactive ketones (excluding diaryl/α,β-unsaturated/α-hetero) is 1. The fourth-order valence-electron chi connectivity index (χ4n) is 7.10. The zero-order valence-corrected chi connectivity index (χ0v) is 19.0. The van der Waals surface area contributed by atoms with Crippen LogP contribution in [0.15, 0.2) is 5.16 Å². The highest BCUT2D eigenvalue weighted by molar-refractivity contribution is 5.88. The zero-order valence-electron chi connectivity index (χ0n) is 18.2. The van der Waals surface area contributed by atoms with Crippen LogP contribution in [0.25, 0.3) is 0 Å². The molecule has 1 unspecified atom stereocenters. The molecule has 0 aromatic heterocycles. The van der Waals surface area contributed by atoms with Gasteiger partial charge < -0.3 is 14.9 Å². The maximum Gasteiger partial charge on any atom is 0.306 e. The number of hydrogen-bond donors (Lipinski definition) is 1. The van der Waals surface area contributed by atoms with Gasteiger partial charge in [-0.05, 0) is 56.4 Å². The van der Waals surface area contributed by atoms with Crippen molar-refractivity contribution in [2.45, 2.75) is 83.8 Å². The van der Waals surface area contributed by atoms with Crippen LogP contribution in [-0.2, 0) is 19.2 Å². The van der Waals surface area contributed by atoms with Crippen LogP contribution in [0.4, 0.5) is 0 Å². The number of hydrogen-bond acceptors (Lipinski definition) is 6. The first-order valence-corrected chi connectivity index (χ1v) is 11.6. The monoisotopic (exact) mass is 438 g/mol. The predicted molar refractivity (Wildman–Crippen MR) is 116 cm³/mol. The second-order valence-electron chi connectivity index (χ2n) is 10.6. The summed E-state index contributed by atoms with van der Waals surface area (Å²) in [6.07, 6.45) is 7.79. The van der Waals surface area contributed by atoms with E-state index in [0.717, 1.165) is 63.7 Å². The average Bonchev–Trinajstić information content (AvgIpc) is 3.28. The molecule has 0 aromatic rings. The SMILES string of the molecule is C[C@]12CC/C(=N/O[C@@H]3CCNC3)CC1CC(=O)O[C@@H]1[C@@H]2CC[C@]2(C)C(=O)CC[C@@H]12.Cl. The van der Waals surface area contributed by atoms with Crippen LogP contribution in [0.1, 0.15) is 71.6 Å². The smallest absolute Gasteiger partial charge is 0.306 e. The van der Waals surface area contributed by atoms with Gasteiger partial charge in [0, 0.05) is 43.1 Å². The van der Waals surface area contributed by atoms with Crippen LogP contribution in [0, 0.1) is 28.6 Å². The van der Waals surface area contributed by atoms with Crippen LogP contribution in [-0.4, -0.2) is 42.8 Å². The fraction of sp³-hybridized carbons (Fsp3) is 0.870. The largest absolute Gasteiger partial charge is 0.462 e. The van der Waals surface area contributed by atoms with Crippen molar-refractivity contribution in [3.63, 3.8) is 0 Å². The zero-order chi connectivity index (χ0) is 20.2. The molecular formula is C23H35ClN2O4. The second kappa shape index (κ2) is 8.09. The van der Waals surface area contributed by atoms with Gasteiger partial charge in [-0.2, -0.15) is 0 Å². The van der Waals surface area contributed by atoms with E-state index in [1.165, 1.54) is 0 Å². The van der Waals surface area contributed by atoms with Gasteiger partial charge in [0.05, 0.1) is 5.71 Å². The summed E-state index contributed by atoms with van der Waals surface area (Å²) in [7, 11) is 0. The molecule has 5 fully saturated rings. The molecule has 3 saturated carbocycles. The van der Waals surface area contributed by atoms with Gasteiger partial charge in [-0.1, -0.05) is 19.0 Å². The summed E-state index contributed by atoms with van der Waals surface area (Å²) in [6, 6.07) is 0. The van der Waals surface area contributed by atoms with Gasteiger partial charge in [0.2, 0.25) is 0 Å². The number of rotatable bonds is 2. The molecule has 0 aromatic carbocycles. The molecule has 1 N–H and O–H groups in total. The lowest BCUT2D eigenvalue weighted by atomic mass is 9.52. The lowest BCUT2D eigenvalue weighted by Gasteiger charge is -2.52. The Bertz CT molecular complexity index is 737. The molecule has 0 bridgehead atoms. The summed E-state index contributed by atoms with van der Waals surface area (Å²) < 4.78 is 6.11. The molecule has 168 valence electrons. The van der Waals surface area contributed by atoms with Gasteiger partial charge in [-0.25, -0.2) is 0 Å². The van der Waals surface area contributed by atoms with Gasteiger partial charge in [0.15, 0.2) is 0 Å². The van der Waals surface area contributed by atoms with Crippen molar-refractivity contribution < 1.29 is 19.2 Å². The Morgan fingerprint density at radius 1 is 1.07 bits per heavy atom. The number of ketones is 1. The van der Waals surface area contributed by atoms with Gasteiger partial charge >= 0.3 is 5.97 Å². The summed E-state index contributed by atoms with van der Waals surface area (Å²) in [5.74, 6) is 1.09. The molecule has 30 heavy (non-hydrogen) atoms. The minimum absolute atomic E-state index is 0. The highest BCUT2D eigenvalue weighted by Crippen LogP contribution is 2.61. The molecule has 0 spiro atoms. The first-order valence-electron chi connectivity index (χ1n) is 11.6. The minimum Gasteiger partial charge on any atom is -0.462 e. The molecule has 3 aliphatic carbocycles. The number of oxime groups is 1. The van der Waals surface area contributed by atoms with E-state index in [1.54, 1.807) is 0 Å². The number of carbonyl (C=O) groups is 2. The molecule has 5 rings (SSSR count). The van der Waals surface area contributed by atoms with Gasteiger partial charge in [0.25, 0.3) is 0 Å². The van der Waals surface area contributed by atoms with Crippen molar-refractivity contribution in [1.29, 1.82) is 0 Å². The molecule has 0 amide bonds. The Morgan fingerprint density at radius 3 is 2.67 bits per heavy atom. The summed E-state index contributed by atoms with van der Waals surface area (Å²) in [5, 5.41) is 7.80. The van der Waals surface area contributed by atoms with E-state index >= 15 is 0 Å². The third-order valence-corrected chi connectivity index (χ3v) is 9.15. The second-order valence-corrected chi connectivity index (χ2v) is 10.6. The van der Waals surface area contributed by atoms with E-state index in [-0.39, 0.29) is 53.3 Å². The number of fused-ring (bicyclic) bond motifs is 5. The third kappa shape index (κ3) is 3.48. The van der Waals surface area contributed by atoms with Crippen molar-refractivity contribution in [2.24, 2.45) is 33.7 Å². The maximum absolute atomic E-state index is 12.8. The summed E-state index contributed by atoms with van der Waals surface area (Å²) in [6.45, 7) is 6.35. The normalized spacial score (nSPS) is 46.9. The molecule has 5 aliphatic rings. The van der Waals surface area contributed by atoms with Crippen LogP contribution in [0.5, 0.6) is 0 Å². The van der Waals surface area contributed by atoms with Gasteiger partial charge in [-0.3, -0.25) is 9.59 Å². The molecule has 7 heteroatoms. The average molecular weight is 439 g/mol. The highest BCUT2D eigenvalue weighted by atomic mass is 35.5. The molecule has 2 aliphatic heterocycles.